The van der Waals surface area contributed by atoms with Crippen molar-refractivity contribution in [1.82, 2.24) is 4.90 Å². The molecule has 4 aromatic carbocycles. The molecule has 0 unspecified atom stereocenters. The van der Waals surface area contributed by atoms with Crippen LogP contribution in [-0.2, 0) is 20.2 Å². The SMILES string of the molecule is CCC(CC)c1ccc(-c2ccc(N3C(=O)c4ccc5c6c(ccc(c46)C3=O)C(=O)N(C(CC)CC)C5=O)cc2S(=O)(=O)O)c(S(=O)(=O)O)c1. The third-order valence-electron chi connectivity index (χ3n) is 9.77. The second kappa shape index (κ2) is 12.5. The monoisotopic (exact) mass is 718 g/mol. The van der Waals surface area contributed by atoms with Gasteiger partial charge in [-0.1, -0.05) is 45.9 Å². The Hall–Kier alpha value is -4.76. The van der Waals surface area contributed by atoms with Gasteiger partial charge >= 0.3 is 0 Å². The molecule has 4 amide bonds. The van der Waals surface area contributed by atoms with Crippen LogP contribution in [0.1, 0.15) is 106 Å². The maximum atomic E-state index is 14.0. The maximum Gasteiger partial charge on any atom is 0.295 e. The summed E-state index contributed by atoms with van der Waals surface area (Å²) in [7, 11) is -10.0. The quantitative estimate of drug-likeness (QED) is 0.136. The Morgan fingerprint density at radius 3 is 1.36 bits per heavy atom. The van der Waals surface area contributed by atoms with E-state index in [9.17, 15) is 45.1 Å². The number of hydrogen-bond acceptors (Lipinski definition) is 8. The largest absolute Gasteiger partial charge is 0.295 e. The van der Waals surface area contributed by atoms with Gasteiger partial charge in [0.15, 0.2) is 0 Å². The number of imide groups is 2. The normalized spacial score (nSPS) is 14.9. The number of anilines is 1. The van der Waals surface area contributed by atoms with Gasteiger partial charge in [0.1, 0.15) is 9.79 Å². The van der Waals surface area contributed by atoms with Gasteiger partial charge in [-0.2, -0.15) is 16.8 Å². The lowest BCUT2D eigenvalue weighted by Gasteiger charge is -2.35. The van der Waals surface area contributed by atoms with E-state index in [1.807, 2.05) is 27.7 Å². The number of hydrogen-bond donors (Lipinski definition) is 2. The highest BCUT2D eigenvalue weighted by atomic mass is 32.2. The highest BCUT2D eigenvalue weighted by Crippen LogP contribution is 2.42. The van der Waals surface area contributed by atoms with Gasteiger partial charge in [0, 0.05) is 50.2 Å². The second-order valence-corrected chi connectivity index (χ2v) is 15.1. The first-order valence-electron chi connectivity index (χ1n) is 16.2. The Labute approximate surface area is 289 Å². The summed E-state index contributed by atoms with van der Waals surface area (Å²) in [5.41, 5.74) is 0.137. The van der Waals surface area contributed by atoms with Crippen LogP contribution in [0, 0.1) is 0 Å². The zero-order valence-corrected chi connectivity index (χ0v) is 29.3. The van der Waals surface area contributed by atoms with Crippen molar-refractivity contribution in [2.24, 2.45) is 0 Å². The first-order valence-corrected chi connectivity index (χ1v) is 19.1. The van der Waals surface area contributed by atoms with Crippen LogP contribution in [0.25, 0.3) is 21.9 Å². The lowest BCUT2D eigenvalue weighted by Crippen LogP contribution is -2.47. The van der Waals surface area contributed by atoms with E-state index in [4.69, 9.17) is 0 Å². The molecule has 50 heavy (non-hydrogen) atoms. The lowest BCUT2D eigenvalue weighted by atomic mass is 9.85. The molecule has 2 aliphatic heterocycles. The van der Waals surface area contributed by atoms with Crippen LogP contribution in [0.3, 0.4) is 0 Å². The van der Waals surface area contributed by atoms with E-state index in [-0.39, 0.29) is 61.8 Å². The highest BCUT2D eigenvalue weighted by Gasteiger charge is 2.42. The Balaban J connectivity index is 1.50. The molecule has 0 atom stereocenters. The molecular formula is C36H34N2O10S2. The van der Waals surface area contributed by atoms with Crippen LogP contribution in [0.5, 0.6) is 0 Å². The fourth-order valence-electron chi connectivity index (χ4n) is 7.19. The number of amides is 4. The minimum absolute atomic E-state index is 0.0140. The molecule has 2 N–H and O–H groups in total. The molecule has 0 radical (unpaired) electrons. The molecule has 6 rings (SSSR count). The molecule has 2 aliphatic rings. The van der Waals surface area contributed by atoms with E-state index in [0.29, 0.717) is 36.1 Å². The van der Waals surface area contributed by atoms with E-state index < -0.39 is 53.7 Å². The smallest absolute Gasteiger partial charge is 0.282 e. The third kappa shape index (κ3) is 5.43. The summed E-state index contributed by atoms with van der Waals surface area (Å²) >= 11 is 0. The van der Waals surface area contributed by atoms with E-state index in [2.05, 4.69) is 0 Å². The Kier molecular flexibility index (Phi) is 8.79. The average Bonchev–Trinajstić information content (AvgIpc) is 3.07. The van der Waals surface area contributed by atoms with Crippen molar-refractivity contribution >= 4 is 60.3 Å². The van der Waals surface area contributed by atoms with Crippen LogP contribution in [-0.4, -0.2) is 60.5 Å². The zero-order valence-electron chi connectivity index (χ0n) is 27.6. The molecule has 0 spiro atoms. The van der Waals surface area contributed by atoms with Crippen molar-refractivity contribution < 1.29 is 45.1 Å². The zero-order chi connectivity index (χ0) is 36.4. The van der Waals surface area contributed by atoms with Crippen molar-refractivity contribution in [1.29, 1.82) is 0 Å². The summed E-state index contributed by atoms with van der Waals surface area (Å²) < 4.78 is 71.1. The third-order valence-corrected chi connectivity index (χ3v) is 11.6. The van der Waals surface area contributed by atoms with E-state index >= 15 is 0 Å². The number of rotatable bonds is 10. The maximum absolute atomic E-state index is 14.0. The number of benzene rings is 4. The van der Waals surface area contributed by atoms with E-state index in [1.165, 1.54) is 47.4 Å². The molecule has 0 saturated heterocycles. The molecule has 2 heterocycles. The summed E-state index contributed by atoms with van der Waals surface area (Å²) in [5, 5.41) is 0.307. The van der Waals surface area contributed by atoms with Crippen molar-refractivity contribution in [2.75, 3.05) is 4.90 Å². The highest BCUT2D eigenvalue weighted by molar-refractivity contribution is 7.86. The van der Waals surface area contributed by atoms with Gasteiger partial charge in [0.2, 0.25) is 0 Å². The summed E-state index contributed by atoms with van der Waals surface area (Å²) in [5.74, 6) is -2.87. The predicted octanol–water partition coefficient (Wildman–Crippen LogP) is 6.49. The van der Waals surface area contributed by atoms with Gasteiger partial charge in [0.25, 0.3) is 43.9 Å². The predicted molar refractivity (Wildman–Crippen MR) is 185 cm³/mol. The standard InChI is InChI=1S/C36H34N2O10S2/c1-5-19(6-2)20-9-11-23(29(17-20)49(43,44)45)24-12-10-22(18-30(24)50(46,47)48)38-35(41)27-15-13-25-31-26(14-16-28(32(27)31)36(38)42)34(40)37(33(25)39)21(7-3)8-4/h9-19,21H,5-8H2,1-4H3,(H,43,44,45)(H,46,47,48). The van der Waals surface area contributed by atoms with E-state index in [1.54, 1.807) is 6.07 Å². The summed E-state index contributed by atoms with van der Waals surface area (Å²) in [6.07, 6.45) is 2.43. The second-order valence-electron chi connectivity index (χ2n) is 12.4. The van der Waals surface area contributed by atoms with Gasteiger partial charge in [0.05, 0.1) is 5.69 Å². The van der Waals surface area contributed by atoms with E-state index in [0.717, 1.165) is 12.1 Å². The van der Waals surface area contributed by atoms with Crippen molar-refractivity contribution in [3.63, 3.8) is 0 Å². The van der Waals surface area contributed by atoms with Crippen LogP contribution >= 0.6 is 0 Å². The number of carbonyl (C=O) groups is 4. The van der Waals surface area contributed by atoms with Crippen LogP contribution < -0.4 is 4.90 Å². The van der Waals surface area contributed by atoms with Gasteiger partial charge in [-0.05, 0) is 79.6 Å². The minimum Gasteiger partial charge on any atom is -0.282 e. The average molecular weight is 719 g/mol. The molecule has 0 aliphatic carbocycles. The van der Waals surface area contributed by atoms with Crippen molar-refractivity contribution in [2.45, 2.75) is 75.1 Å². The Bertz CT molecular complexity index is 2310. The first-order chi connectivity index (χ1) is 23.6. The fourth-order valence-corrected chi connectivity index (χ4v) is 8.65. The van der Waals surface area contributed by atoms with Gasteiger partial charge in [-0.3, -0.25) is 33.2 Å². The molecule has 12 nitrogen and oxygen atoms in total. The van der Waals surface area contributed by atoms with Gasteiger partial charge in [-0.15, -0.1) is 0 Å². The molecule has 0 aromatic heterocycles. The first kappa shape index (κ1) is 35.1. The minimum atomic E-state index is -5.12. The molecule has 0 bridgehead atoms. The number of carbonyl (C=O) groups excluding carboxylic acids is 4. The van der Waals surface area contributed by atoms with Crippen molar-refractivity contribution in [3.05, 3.63) is 88.5 Å². The van der Waals surface area contributed by atoms with Crippen molar-refractivity contribution in [3.8, 4) is 11.1 Å². The van der Waals surface area contributed by atoms with Crippen LogP contribution in [0.15, 0.2) is 70.5 Å². The molecule has 0 fully saturated rings. The Morgan fingerprint density at radius 2 is 0.940 bits per heavy atom. The summed E-state index contributed by atoms with van der Waals surface area (Å²) in [6, 6.07) is 12.7. The molecule has 4 aromatic rings. The summed E-state index contributed by atoms with van der Waals surface area (Å²) in [6.45, 7) is 7.57. The fraction of sp³-hybridized carbons (Fsp3) is 0.278. The molecule has 0 saturated carbocycles. The lowest BCUT2D eigenvalue weighted by molar-refractivity contribution is 0.0528. The number of nitrogens with zero attached hydrogens (tertiary/aromatic N) is 2. The van der Waals surface area contributed by atoms with Gasteiger partial charge < -0.3 is 0 Å². The van der Waals surface area contributed by atoms with Gasteiger partial charge in [-0.25, -0.2) is 4.90 Å². The Morgan fingerprint density at radius 1 is 0.540 bits per heavy atom. The molecule has 260 valence electrons. The van der Waals surface area contributed by atoms with Crippen LogP contribution in [0.2, 0.25) is 0 Å². The molecule has 14 heteroatoms. The topological polar surface area (TPSA) is 183 Å². The molecular weight excluding hydrogens is 685 g/mol. The summed E-state index contributed by atoms with van der Waals surface area (Å²) in [4.78, 5) is 55.8. The van der Waals surface area contributed by atoms with Crippen LogP contribution in [0.4, 0.5) is 5.69 Å².